The van der Waals surface area contributed by atoms with Gasteiger partial charge < -0.3 is 15.4 Å². The molecule has 3 N–H and O–H groups in total. The molecule has 0 radical (unpaired) electrons. The molecule has 35 heavy (non-hydrogen) atoms. The van der Waals surface area contributed by atoms with Crippen LogP contribution in [-0.4, -0.2) is 37.5 Å². The van der Waals surface area contributed by atoms with Crippen LogP contribution >= 0.6 is 0 Å². The molecule has 0 fully saturated rings. The quantitative estimate of drug-likeness (QED) is 0.347. The van der Waals surface area contributed by atoms with Crippen molar-refractivity contribution in [3.05, 3.63) is 83.9 Å². The summed E-state index contributed by atoms with van der Waals surface area (Å²) >= 11 is 0. The van der Waals surface area contributed by atoms with E-state index in [0.29, 0.717) is 24.5 Å². The highest BCUT2D eigenvalue weighted by Gasteiger charge is 2.23. The molecule has 1 aliphatic rings. The molecule has 0 spiro atoms. The summed E-state index contributed by atoms with van der Waals surface area (Å²) in [4.78, 5) is 17.6. The Kier molecular flexibility index (Phi) is 5.14. The van der Waals surface area contributed by atoms with E-state index in [2.05, 4.69) is 30.9 Å². The molecular formula is C26H23N7O2. The van der Waals surface area contributed by atoms with Gasteiger partial charge in [0.2, 0.25) is 0 Å². The number of aryl methyl sites for hydroxylation is 1. The van der Waals surface area contributed by atoms with Gasteiger partial charge in [-0.25, -0.2) is 4.98 Å². The molecule has 174 valence electrons. The fraction of sp³-hybridized carbons (Fsp3) is 0.154. The SMILES string of the molecule is Cn1nc(C(=O)Nc2cccc(CNc3ncc(-c4cn[nH]c4)c4c3CCO4)c2)c2ccccc21. The Morgan fingerprint density at radius 3 is 2.97 bits per heavy atom. The Labute approximate surface area is 201 Å². The van der Waals surface area contributed by atoms with Gasteiger partial charge in [0.1, 0.15) is 11.6 Å². The summed E-state index contributed by atoms with van der Waals surface area (Å²) in [6.45, 7) is 1.19. The van der Waals surface area contributed by atoms with Crippen molar-refractivity contribution in [3.8, 4) is 16.9 Å². The average Bonchev–Trinajstić information content (AvgIpc) is 3.64. The van der Waals surface area contributed by atoms with Crippen LogP contribution in [0.2, 0.25) is 0 Å². The lowest BCUT2D eigenvalue weighted by Crippen LogP contribution is -2.13. The van der Waals surface area contributed by atoms with Crippen molar-refractivity contribution in [2.45, 2.75) is 13.0 Å². The Hall–Kier alpha value is -4.66. The first-order chi connectivity index (χ1) is 17.2. The molecule has 6 rings (SSSR count). The molecule has 3 aromatic heterocycles. The van der Waals surface area contributed by atoms with Crippen molar-refractivity contribution in [1.82, 2.24) is 25.0 Å². The molecule has 0 bridgehead atoms. The minimum absolute atomic E-state index is 0.238. The molecule has 0 saturated carbocycles. The number of para-hydroxylation sites is 1. The first kappa shape index (κ1) is 20.9. The number of fused-ring (bicyclic) bond motifs is 2. The standard InChI is InChI=1S/C26H23N7O2/c1-33-22-8-3-2-7-19(22)23(32-33)26(34)31-18-6-4-5-16(11-18)12-27-25-20-9-10-35-24(20)21(15-28-25)17-13-29-30-14-17/h2-8,11,13-15H,9-10,12H2,1H3,(H,27,28)(H,29,30)(H,31,34). The van der Waals surface area contributed by atoms with Crippen molar-refractivity contribution in [2.24, 2.45) is 7.05 Å². The molecule has 0 aliphatic carbocycles. The van der Waals surface area contributed by atoms with Gasteiger partial charge in [-0.15, -0.1) is 0 Å². The van der Waals surface area contributed by atoms with Crippen LogP contribution < -0.4 is 15.4 Å². The Balaban J connectivity index is 1.19. The zero-order valence-electron chi connectivity index (χ0n) is 19.1. The average molecular weight is 466 g/mol. The molecule has 0 unspecified atom stereocenters. The summed E-state index contributed by atoms with van der Waals surface area (Å²) in [5.41, 5.74) is 6.00. The van der Waals surface area contributed by atoms with Gasteiger partial charge >= 0.3 is 0 Å². The molecule has 5 aromatic rings. The van der Waals surface area contributed by atoms with Crippen LogP contribution in [0, 0.1) is 0 Å². The number of anilines is 2. The number of carbonyl (C=O) groups is 1. The maximum atomic E-state index is 13.0. The summed E-state index contributed by atoms with van der Waals surface area (Å²) in [5, 5.41) is 18.5. The van der Waals surface area contributed by atoms with Gasteiger partial charge in [0.05, 0.1) is 18.3 Å². The van der Waals surface area contributed by atoms with E-state index in [1.165, 1.54) is 0 Å². The van der Waals surface area contributed by atoms with E-state index < -0.39 is 0 Å². The number of rotatable bonds is 6. The second-order valence-electron chi connectivity index (χ2n) is 8.41. The van der Waals surface area contributed by atoms with Gasteiger partial charge in [-0.3, -0.25) is 14.6 Å². The van der Waals surface area contributed by atoms with Crippen LogP contribution in [0.5, 0.6) is 5.75 Å². The van der Waals surface area contributed by atoms with Crippen molar-refractivity contribution in [2.75, 3.05) is 17.2 Å². The number of amides is 1. The topological polar surface area (TPSA) is 110 Å². The zero-order chi connectivity index (χ0) is 23.8. The second kappa shape index (κ2) is 8.60. The summed E-state index contributed by atoms with van der Waals surface area (Å²) in [5.74, 6) is 1.42. The number of H-pyrrole nitrogens is 1. The van der Waals surface area contributed by atoms with E-state index in [9.17, 15) is 4.79 Å². The van der Waals surface area contributed by atoms with E-state index in [1.807, 2.05) is 68.0 Å². The molecule has 4 heterocycles. The van der Waals surface area contributed by atoms with E-state index in [-0.39, 0.29) is 5.91 Å². The number of nitrogens with zero attached hydrogens (tertiary/aromatic N) is 4. The molecular weight excluding hydrogens is 442 g/mol. The number of hydrogen-bond acceptors (Lipinski definition) is 6. The van der Waals surface area contributed by atoms with Gasteiger partial charge in [-0.05, 0) is 23.8 Å². The largest absolute Gasteiger partial charge is 0.492 e. The van der Waals surface area contributed by atoms with Crippen molar-refractivity contribution in [1.29, 1.82) is 0 Å². The van der Waals surface area contributed by atoms with Crippen LogP contribution in [0.1, 0.15) is 21.6 Å². The molecule has 0 saturated heterocycles. The minimum Gasteiger partial charge on any atom is -0.492 e. The number of nitrogens with one attached hydrogen (secondary N) is 3. The summed E-state index contributed by atoms with van der Waals surface area (Å²) in [6, 6.07) is 15.5. The summed E-state index contributed by atoms with van der Waals surface area (Å²) in [7, 11) is 1.84. The van der Waals surface area contributed by atoms with E-state index >= 15 is 0 Å². The molecule has 9 heteroatoms. The number of pyridine rings is 1. The number of aromatic nitrogens is 5. The Morgan fingerprint density at radius 1 is 1.17 bits per heavy atom. The third-order valence-electron chi connectivity index (χ3n) is 6.15. The van der Waals surface area contributed by atoms with Crippen LogP contribution in [-0.2, 0) is 20.0 Å². The third-order valence-corrected chi connectivity index (χ3v) is 6.15. The van der Waals surface area contributed by atoms with Crippen LogP contribution in [0.25, 0.3) is 22.0 Å². The molecule has 9 nitrogen and oxygen atoms in total. The van der Waals surface area contributed by atoms with Gasteiger partial charge in [0.15, 0.2) is 5.69 Å². The number of ether oxygens (including phenoxy) is 1. The van der Waals surface area contributed by atoms with Gasteiger partial charge in [0.25, 0.3) is 5.91 Å². The number of benzene rings is 2. The van der Waals surface area contributed by atoms with E-state index in [4.69, 9.17) is 4.74 Å². The van der Waals surface area contributed by atoms with Crippen LogP contribution in [0.15, 0.2) is 67.1 Å². The number of aromatic amines is 1. The van der Waals surface area contributed by atoms with Gasteiger partial charge in [0, 0.05) is 60.2 Å². The second-order valence-corrected chi connectivity index (χ2v) is 8.41. The molecule has 1 aliphatic heterocycles. The highest BCUT2D eigenvalue weighted by Crippen LogP contribution is 2.39. The van der Waals surface area contributed by atoms with Crippen LogP contribution in [0.4, 0.5) is 11.5 Å². The Bertz CT molecular complexity index is 1540. The lowest BCUT2D eigenvalue weighted by molar-refractivity contribution is 0.102. The van der Waals surface area contributed by atoms with Gasteiger partial charge in [-0.2, -0.15) is 10.2 Å². The monoisotopic (exact) mass is 465 g/mol. The van der Waals surface area contributed by atoms with Crippen LogP contribution in [0.3, 0.4) is 0 Å². The molecule has 2 aromatic carbocycles. The first-order valence-corrected chi connectivity index (χ1v) is 11.4. The van der Waals surface area contributed by atoms with E-state index in [0.717, 1.165) is 51.1 Å². The zero-order valence-corrected chi connectivity index (χ0v) is 19.1. The number of carbonyl (C=O) groups excluding carboxylic acids is 1. The molecule has 1 amide bonds. The fourth-order valence-electron chi connectivity index (χ4n) is 4.46. The first-order valence-electron chi connectivity index (χ1n) is 11.4. The predicted molar refractivity (Wildman–Crippen MR) is 133 cm³/mol. The third kappa shape index (κ3) is 3.86. The highest BCUT2D eigenvalue weighted by molar-refractivity contribution is 6.11. The maximum Gasteiger partial charge on any atom is 0.276 e. The summed E-state index contributed by atoms with van der Waals surface area (Å²) in [6.07, 6.45) is 6.20. The predicted octanol–water partition coefficient (Wildman–Crippen LogP) is 4.16. The highest BCUT2D eigenvalue weighted by atomic mass is 16.5. The molecule has 0 atom stereocenters. The van der Waals surface area contributed by atoms with Crippen molar-refractivity contribution < 1.29 is 9.53 Å². The number of hydrogen-bond donors (Lipinski definition) is 3. The lowest BCUT2D eigenvalue weighted by atomic mass is 10.1. The van der Waals surface area contributed by atoms with Crippen molar-refractivity contribution in [3.63, 3.8) is 0 Å². The lowest BCUT2D eigenvalue weighted by Gasteiger charge is -2.13. The van der Waals surface area contributed by atoms with Crippen molar-refractivity contribution >= 4 is 28.3 Å². The maximum absolute atomic E-state index is 13.0. The summed E-state index contributed by atoms with van der Waals surface area (Å²) < 4.78 is 7.63. The Morgan fingerprint density at radius 2 is 2.09 bits per heavy atom. The fourth-order valence-corrected chi connectivity index (χ4v) is 4.46. The van der Waals surface area contributed by atoms with Gasteiger partial charge in [-0.1, -0.05) is 30.3 Å². The normalized spacial score (nSPS) is 12.4. The van der Waals surface area contributed by atoms with E-state index in [1.54, 1.807) is 10.9 Å². The smallest absolute Gasteiger partial charge is 0.276 e. The minimum atomic E-state index is -0.238.